The average Bonchev–Trinajstić information content (AvgIpc) is 1.31. The van der Waals surface area contributed by atoms with Crippen LogP contribution in [-0.2, 0) is 61.6 Å². The van der Waals surface area contributed by atoms with Crippen molar-refractivity contribution in [2.24, 2.45) is 50.2 Å². The van der Waals surface area contributed by atoms with Crippen LogP contribution in [0.25, 0.3) is 0 Å². The second-order valence-corrected chi connectivity index (χ2v) is 30.9. The van der Waals surface area contributed by atoms with Crippen LogP contribution < -0.4 is 0 Å². The number of aliphatic hydroxyl groups is 19. The van der Waals surface area contributed by atoms with Gasteiger partial charge in [-0.3, -0.25) is 4.79 Å². The van der Waals surface area contributed by atoms with Gasteiger partial charge in [0, 0.05) is 11.3 Å². The number of allylic oxidation sites excluding steroid dienone is 2. The Morgan fingerprint density at radius 2 is 1.16 bits per heavy atom. The molecule has 0 radical (unpaired) electrons. The molecule has 95 heavy (non-hydrogen) atoms. The molecule has 11 rings (SSSR count). The van der Waals surface area contributed by atoms with E-state index in [2.05, 4.69) is 19.9 Å². The highest BCUT2D eigenvalue weighted by Gasteiger charge is 2.75. The van der Waals surface area contributed by atoms with E-state index in [1.165, 1.54) is 13.8 Å². The predicted octanol–water partition coefficient (Wildman–Crippen LogP) is -6.53. The number of hydrogen-bond acceptors (Lipinski definition) is 32. The second kappa shape index (κ2) is 27.0. The molecular weight excluding hydrogens is 1270 g/mol. The van der Waals surface area contributed by atoms with E-state index in [1.807, 2.05) is 20.8 Å². The minimum atomic E-state index is -2.14. The normalized spacial score (nSPS) is 56.3. The third-order valence-electron chi connectivity index (χ3n) is 24.5. The fourth-order valence-electron chi connectivity index (χ4n) is 19.0. The van der Waals surface area contributed by atoms with Gasteiger partial charge in [0.2, 0.25) is 6.29 Å². The molecular formula is C63H102O32. The number of carbonyl (C=O) groups excluding carboxylic acids is 1. The summed E-state index contributed by atoms with van der Waals surface area (Å²) in [7, 11) is 0. The number of hydrogen-bond donors (Lipinski definition) is 19. The summed E-state index contributed by atoms with van der Waals surface area (Å²) in [4.78, 5) is 15.6. The first-order valence-electron chi connectivity index (χ1n) is 33.2. The summed E-state index contributed by atoms with van der Waals surface area (Å²) in [6, 6.07) is 0. The van der Waals surface area contributed by atoms with Crippen molar-refractivity contribution in [2.45, 2.75) is 284 Å². The minimum absolute atomic E-state index is 0.0183. The van der Waals surface area contributed by atoms with E-state index in [0.717, 1.165) is 5.57 Å². The standard InChI is InChI=1S/C63H102O32/c1-23-34(71)37(74)40(77)51(87-23)92-45-31(90-55-48(81)62(83,21-66)22-86-55)19-85-50(43(45)80)91-44-24(2)88-52(42(79)39(44)76)93-46-35(72)29(69)18-84-54(46)95-56(82)63-12-11-57(3,4)13-26(63)25-9-10-32-58(5)14-28(68)49(94-53-41(78)38(75)36(73)30(17-64)89-53)59(6,20-65)47(58)27(67)15-61(32,8)60(25,7)16-33(63)70/h9,23-24,26-55,64-81,83H,10-22H2,1-8H3/t23-,24-,26?,27+,28-,29?,30?,31?,32?,33?,34-,35?,36?,37+,38?,39-,40+,41?,42+,43?,44-,45?,46?,47?,48-,49-,50?,51-,52-,53?,54?,55+,58+,59-,60+,61+,62+,63+/m0/s1. The Morgan fingerprint density at radius 1 is 0.547 bits per heavy atom. The van der Waals surface area contributed by atoms with E-state index in [0.29, 0.717) is 19.3 Å². The van der Waals surface area contributed by atoms with Crippen molar-refractivity contribution < 1.29 is 159 Å². The van der Waals surface area contributed by atoms with Gasteiger partial charge in [-0.2, -0.15) is 0 Å². The van der Waals surface area contributed by atoms with E-state index in [4.69, 9.17) is 56.8 Å². The predicted molar refractivity (Wildman–Crippen MR) is 313 cm³/mol. The summed E-state index contributed by atoms with van der Waals surface area (Å²) in [5.41, 5.74) is -7.54. The van der Waals surface area contributed by atoms with E-state index in [9.17, 15) is 97.0 Å². The van der Waals surface area contributed by atoms with Crippen LogP contribution in [0.3, 0.4) is 0 Å². The smallest absolute Gasteiger partial charge is 0.317 e. The SMILES string of the molecule is C[C@@H]1O[C@@H](OC2C(O[C@H]3OC[C@](O)(CO)[C@H]3O)COC(O[C@@H]3[C@@H](O)[C@@H](O)[C@H](OC4C(OC(=O)[C@]56CCC(C)(C)CC5C5=CCC7[C@@]8(C)C[C@H](O)[C@H](OC9OC(CO)C(O)C(O)C9O)[C@@](C)(CO)C8[C@H](O)C[C@@]7(C)[C@]5(C)CC6O)OCC(O)C4O)O[C@H]3C)C2O)[C@H](O)[C@H](O)[C@H]1O. The summed E-state index contributed by atoms with van der Waals surface area (Å²) in [6.07, 6.45) is -44.4. The van der Waals surface area contributed by atoms with Gasteiger partial charge < -0.3 is 154 Å². The highest BCUT2D eigenvalue weighted by molar-refractivity contribution is 5.80. The Balaban J connectivity index is 0.805. The van der Waals surface area contributed by atoms with Crippen LogP contribution in [-0.4, -0.2) is 326 Å². The van der Waals surface area contributed by atoms with Crippen molar-refractivity contribution in [1.82, 2.24) is 0 Å². The average molecular weight is 1370 g/mol. The number of rotatable bonds is 15. The Morgan fingerprint density at radius 3 is 1.80 bits per heavy atom. The van der Waals surface area contributed by atoms with Gasteiger partial charge in [0.05, 0.1) is 76.3 Å². The molecule has 546 valence electrons. The zero-order chi connectivity index (χ0) is 69.5. The van der Waals surface area contributed by atoms with Crippen molar-refractivity contribution in [1.29, 1.82) is 0 Å². The molecule has 11 aliphatic rings. The molecule has 10 fully saturated rings. The van der Waals surface area contributed by atoms with E-state index < -0.39 is 274 Å². The van der Waals surface area contributed by atoms with Crippen LogP contribution in [0.2, 0.25) is 0 Å². The molecule has 17 unspecified atom stereocenters. The maximum absolute atomic E-state index is 15.6. The van der Waals surface area contributed by atoms with Gasteiger partial charge in [0.25, 0.3) is 0 Å². The van der Waals surface area contributed by atoms with E-state index >= 15 is 4.79 Å². The van der Waals surface area contributed by atoms with Crippen LogP contribution in [0.4, 0.5) is 0 Å². The molecule has 32 nitrogen and oxygen atoms in total. The largest absolute Gasteiger partial charge is 0.432 e. The molecule has 0 aromatic carbocycles. The number of esters is 1. The van der Waals surface area contributed by atoms with Crippen LogP contribution in [0.1, 0.15) is 100 Å². The summed E-state index contributed by atoms with van der Waals surface area (Å²) in [5.74, 6) is -2.73. The first-order chi connectivity index (χ1) is 44.4. The van der Waals surface area contributed by atoms with Gasteiger partial charge in [-0.05, 0) is 92.3 Å². The van der Waals surface area contributed by atoms with Gasteiger partial charge in [0.1, 0.15) is 109 Å². The number of aliphatic hydroxyl groups excluding tert-OH is 18. The molecule has 32 heteroatoms. The van der Waals surface area contributed by atoms with Gasteiger partial charge in [-0.25, -0.2) is 0 Å². The lowest BCUT2D eigenvalue weighted by Gasteiger charge is -2.73. The Labute approximate surface area is 548 Å². The van der Waals surface area contributed by atoms with Gasteiger partial charge in [-0.1, -0.05) is 53.2 Å². The van der Waals surface area contributed by atoms with Crippen LogP contribution in [0.15, 0.2) is 11.6 Å². The molecule has 0 amide bonds. The number of fused-ring (bicyclic) bond motifs is 7. The minimum Gasteiger partial charge on any atom is -0.432 e. The van der Waals surface area contributed by atoms with Crippen molar-refractivity contribution in [3.63, 3.8) is 0 Å². The molecule has 0 spiro atoms. The Hall–Kier alpha value is -1.99. The van der Waals surface area contributed by atoms with Gasteiger partial charge >= 0.3 is 5.97 Å². The summed E-state index contributed by atoms with van der Waals surface area (Å²) >= 11 is 0. The molecule has 19 N–H and O–H groups in total. The van der Waals surface area contributed by atoms with Crippen LogP contribution in [0, 0.1) is 50.2 Å². The molecule has 0 aromatic rings. The summed E-state index contributed by atoms with van der Waals surface area (Å²) in [5, 5.41) is 213. The zero-order valence-corrected chi connectivity index (χ0v) is 54.5. The lowest BCUT2D eigenvalue weighted by atomic mass is 9.32. The van der Waals surface area contributed by atoms with Crippen molar-refractivity contribution >= 4 is 5.97 Å². The quantitative estimate of drug-likeness (QED) is 0.0412. The fourth-order valence-corrected chi connectivity index (χ4v) is 19.0. The molecule has 0 bridgehead atoms. The van der Waals surface area contributed by atoms with E-state index in [-0.39, 0.29) is 31.6 Å². The lowest BCUT2D eigenvalue weighted by Crippen LogP contribution is -2.73. The van der Waals surface area contributed by atoms with Gasteiger partial charge in [0.15, 0.2) is 37.6 Å². The highest BCUT2D eigenvalue weighted by atomic mass is 16.8. The number of carbonyl (C=O) groups is 1. The molecule has 4 saturated carbocycles. The molecule has 5 aliphatic carbocycles. The molecule has 6 saturated heterocycles. The van der Waals surface area contributed by atoms with Crippen molar-refractivity contribution in [3.8, 4) is 0 Å². The summed E-state index contributed by atoms with van der Waals surface area (Å²) in [6.45, 7) is 10.6. The highest BCUT2D eigenvalue weighted by Crippen LogP contribution is 2.76. The second-order valence-electron chi connectivity index (χ2n) is 30.9. The third-order valence-corrected chi connectivity index (χ3v) is 24.5. The maximum Gasteiger partial charge on any atom is 0.317 e. The number of ether oxygens (including phenoxy) is 12. The van der Waals surface area contributed by atoms with Gasteiger partial charge in [-0.15, -0.1) is 0 Å². The molecule has 0 aromatic heterocycles. The summed E-state index contributed by atoms with van der Waals surface area (Å²) < 4.78 is 71.2. The van der Waals surface area contributed by atoms with Crippen molar-refractivity contribution in [2.75, 3.05) is 39.6 Å². The third kappa shape index (κ3) is 12.2. The molecule has 6 aliphatic heterocycles. The molecule has 6 heterocycles. The molecule has 38 atom stereocenters. The lowest BCUT2D eigenvalue weighted by molar-refractivity contribution is -0.382. The topological polar surface area (TPSA) is 512 Å². The monoisotopic (exact) mass is 1370 g/mol. The maximum atomic E-state index is 15.6. The van der Waals surface area contributed by atoms with E-state index in [1.54, 1.807) is 6.92 Å². The Bertz CT molecular complexity index is 2720. The Kier molecular flexibility index (Phi) is 21.1. The fraction of sp³-hybridized carbons (Fsp3) is 0.952. The van der Waals surface area contributed by atoms with Crippen molar-refractivity contribution in [3.05, 3.63) is 11.6 Å². The first kappa shape index (κ1) is 74.2. The first-order valence-corrected chi connectivity index (χ1v) is 33.2. The van der Waals surface area contributed by atoms with Crippen LogP contribution >= 0.6 is 0 Å². The van der Waals surface area contributed by atoms with Crippen LogP contribution in [0.5, 0.6) is 0 Å². The zero-order valence-electron chi connectivity index (χ0n) is 54.5.